The van der Waals surface area contributed by atoms with Crippen LogP contribution in [0.4, 0.5) is 17.1 Å². The molecule has 0 saturated carbocycles. The fourth-order valence-electron chi connectivity index (χ4n) is 9.84. The molecule has 430 valence electrons. The first-order valence-corrected chi connectivity index (χ1v) is 27.9. The van der Waals surface area contributed by atoms with Crippen LogP contribution < -0.4 is 21.7 Å². The van der Waals surface area contributed by atoms with Gasteiger partial charge in [-0.25, -0.2) is 15.0 Å². The Hall–Kier alpha value is -9.00. The van der Waals surface area contributed by atoms with E-state index in [0.29, 0.717) is 42.6 Å². The second-order valence-corrected chi connectivity index (χ2v) is 21.8. The number of aryl methyl sites for hydroxylation is 5. The van der Waals surface area contributed by atoms with Crippen LogP contribution in [0, 0.1) is 19.3 Å². The number of carbonyl (C=O) groups is 7. The molecule has 0 unspecified atom stereocenters. The first kappa shape index (κ1) is 60.6. The van der Waals surface area contributed by atoms with Crippen molar-refractivity contribution < 1.29 is 43.8 Å². The molecule has 0 bridgehead atoms. The summed E-state index contributed by atoms with van der Waals surface area (Å²) in [5, 5.41) is 26.6. The largest absolute Gasteiger partial charge is 0.481 e. The normalized spacial score (nSPS) is 14.5. The number of nitrogens with one attached hydrogen (secondary N) is 6. The number of amides is 4. The third kappa shape index (κ3) is 17.8. The van der Waals surface area contributed by atoms with Gasteiger partial charge in [-0.3, -0.25) is 33.6 Å². The molecular formula is C63H74N10O9. The third-order valence-electron chi connectivity index (χ3n) is 14.5. The van der Waals surface area contributed by atoms with E-state index in [1.807, 2.05) is 56.3 Å². The molecule has 3 aliphatic carbocycles. The molecule has 3 aromatic heterocycles. The average molecular weight is 1120 g/mol. The van der Waals surface area contributed by atoms with Crippen molar-refractivity contribution in [3.63, 3.8) is 0 Å². The minimum atomic E-state index is -0.838. The first-order chi connectivity index (χ1) is 39.2. The highest BCUT2D eigenvalue weighted by Gasteiger charge is 2.25. The number of primary amides is 1. The zero-order chi connectivity index (χ0) is 58.9. The number of imidazole rings is 3. The van der Waals surface area contributed by atoms with Crippen LogP contribution in [0.15, 0.2) is 91.4 Å². The number of rotatable bonds is 19. The number of aliphatic carboxylic acids is 2. The maximum Gasteiger partial charge on any atom is 0.303 e. The summed E-state index contributed by atoms with van der Waals surface area (Å²) in [6, 6.07) is 17.2. The predicted octanol–water partition coefficient (Wildman–Crippen LogP) is 11.8. The number of ketones is 1. The Balaban J connectivity index is 0.000000177. The lowest BCUT2D eigenvalue weighted by Gasteiger charge is -2.29. The monoisotopic (exact) mass is 1110 g/mol. The van der Waals surface area contributed by atoms with Crippen LogP contribution in [-0.2, 0) is 33.6 Å². The van der Waals surface area contributed by atoms with Gasteiger partial charge in [-0.2, -0.15) is 0 Å². The van der Waals surface area contributed by atoms with E-state index < -0.39 is 17.8 Å². The van der Waals surface area contributed by atoms with Gasteiger partial charge < -0.3 is 46.8 Å². The maximum atomic E-state index is 12.6. The lowest BCUT2D eigenvalue weighted by Crippen LogP contribution is -2.17. The Kier molecular flexibility index (Phi) is 21.0. The Labute approximate surface area is 477 Å². The third-order valence-corrected chi connectivity index (χ3v) is 14.5. The van der Waals surface area contributed by atoms with Gasteiger partial charge >= 0.3 is 11.9 Å². The number of anilines is 3. The topological polar surface area (TPSA) is 308 Å². The highest BCUT2D eigenvalue weighted by Crippen LogP contribution is 2.41. The van der Waals surface area contributed by atoms with Crippen molar-refractivity contribution in [1.29, 1.82) is 0 Å². The number of carboxylic acid groups (broad SMARTS) is 2. The van der Waals surface area contributed by atoms with Crippen LogP contribution in [0.5, 0.6) is 0 Å². The molecule has 19 heteroatoms. The number of H-pyrrole nitrogens is 3. The number of hydrogen-bond donors (Lipinski definition) is 9. The van der Waals surface area contributed by atoms with Crippen molar-refractivity contribution in [2.75, 3.05) is 16.0 Å². The number of nitrogens with two attached hydrogens (primary N) is 1. The molecule has 0 fully saturated rings. The first-order valence-electron chi connectivity index (χ1n) is 27.9. The molecule has 0 aliphatic heterocycles. The van der Waals surface area contributed by atoms with Crippen molar-refractivity contribution >= 4 is 75.1 Å². The summed E-state index contributed by atoms with van der Waals surface area (Å²) in [5.74, 6) is -2.49. The lowest BCUT2D eigenvalue weighted by molar-refractivity contribution is -0.138. The van der Waals surface area contributed by atoms with E-state index >= 15 is 0 Å². The molecule has 0 saturated heterocycles. The quantitative estimate of drug-likeness (QED) is 0.0342. The Morgan fingerprint density at radius 1 is 0.549 bits per heavy atom. The molecular weight excluding hydrogens is 1040 g/mol. The number of Topliss-reactive ketones (excluding diaryl/α,β-unsaturated/α-hetero) is 1. The van der Waals surface area contributed by atoms with Crippen molar-refractivity contribution in [2.24, 2.45) is 11.1 Å². The minimum absolute atomic E-state index is 0.0599. The molecule has 6 aromatic rings. The molecule has 0 radical (unpaired) electrons. The SMILES string of the molecule is CC(=O)c1cnc(C(=O)Nc2ccc(CCC(=O)O)cc2C2=CCCCC2)[nH]1.Cc1cnc(C(=O)Nc2ccc(CCC(=O)O)cc2C2=CCCCC2)[nH]1.Cc1cnc(C(=O)Nc2ccc(CCC(N)=O)cc2C2=CCC(C)(C)CC2)[nH]1. The molecule has 3 heterocycles. The molecule has 4 amide bonds. The van der Waals surface area contributed by atoms with E-state index in [1.165, 1.54) is 30.7 Å². The summed E-state index contributed by atoms with van der Waals surface area (Å²) in [5.41, 5.74) is 19.1. The van der Waals surface area contributed by atoms with Gasteiger partial charge in [0.2, 0.25) is 5.91 Å². The van der Waals surface area contributed by atoms with Gasteiger partial charge in [0.15, 0.2) is 23.3 Å². The summed E-state index contributed by atoms with van der Waals surface area (Å²) in [7, 11) is 0. The zero-order valence-electron chi connectivity index (χ0n) is 47.4. The molecule has 3 aliphatic rings. The summed E-state index contributed by atoms with van der Waals surface area (Å²) in [6.45, 7) is 9.65. The number of nitrogens with zero attached hydrogens (tertiary/aromatic N) is 3. The van der Waals surface area contributed by atoms with Gasteiger partial charge in [-0.15, -0.1) is 0 Å². The van der Waals surface area contributed by atoms with E-state index in [-0.39, 0.29) is 53.7 Å². The Morgan fingerprint density at radius 3 is 1.28 bits per heavy atom. The lowest BCUT2D eigenvalue weighted by atomic mass is 9.76. The van der Waals surface area contributed by atoms with E-state index in [4.69, 9.17) is 15.9 Å². The van der Waals surface area contributed by atoms with Gasteiger partial charge in [0, 0.05) is 83.7 Å². The number of aromatic nitrogens is 6. The standard InChI is InChI=1S/C22H28N4O2.C21H23N3O4.C20H23N3O3/c1-14-13-24-20(25-14)21(28)26-18-6-4-15(5-7-19(23)27)12-17(18)16-8-10-22(2,3)11-9-16;1-13(25)18-12-22-20(23-18)21(28)24-17-9-7-14(8-10-19(26)27)11-16(17)15-5-3-2-4-6-15;1-13-12-21-19(22-13)20(26)23-17-9-7-14(8-10-18(24)25)11-16(17)15-5-3-2-4-6-15/h4,6,8,12-13H,5,7,9-11H2,1-3H3,(H2,23,27)(H,24,25)(H,26,28);5,7,9,11-12H,2-4,6,8,10H2,1H3,(H,22,23)(H,24,28)(H,26,27);5,7,9,11-12H,2-4,6,8,10H2,1H3,(H,21,22)(H,23,26)(H,24,25). The van der Waals surface area contributed by atoms with Crippen LogP contribution in [0.1, 0.15) is 198 Å². The van der Waals surface area contributed by atoms with Gasteiger partial charge in [0.25, 0.3) is 17.7 Å². The van der Waals surface area contributed by atoms with Gasteiger partial charge in [0.1, 0.15) is 5.69 Å². The van der Waals surface area contributed by atoms with Crippen LogP contribution in [0.3, 0.4) is 0 Å². The predicted molar refractivity (Wildman–Crippen MR) is 316 cm³/mol. The second kappa shape index (κ2) is 28.4. The molecule has 9 rings (SSSR count). The molecule has 0 spiro atoms. The van der Waals surface area contributed by atoms with E-state index in [9.17, 15) is 33.6 Å². The number of allylic oxidation sites excluding steroid dienone is 6. The molecule has 3 aromatic carbocycles. The summed E-state index contributed by atoms with van der Waals surface area (Å²) in [4.78, 5) is 103. The van der Waals surface area contributed by atoms with E-state index in [1.54, 1.807) is 18.5 Å². The Morgan fingerprint density at radius 2 is 0.951 bits per heavy atom. The highest BCUT2D eigenvalue weighted by atomic mass is 16.4. The molecule has 10 N–H and O–H groups in total. The van der Waals surface area contributed by atoms with Crippen LogP contribution >= 0.6 is 0 Å². The van der Waals surface area contributed by atoms with Gasteiger partial charge in [0.05, 0.1) is 6.20 Å². The number of benzene rings is 3. The summed E-state index contributed by atoms with van der Waals surface area (Å²) in [6.07, 6.45) is 24.7. The number of hydrogen-bond acceptors (Lipinski definition) is 10. The average Bonchev–Trinajstić information content (AvgIpc) is 4.39. The molecule has 19 nitrogen and oxygen atoms in total. The zero-order valence-corrected chi connectivity index (χ0v) is 47.4. The van der Waals surface area contributed by atoms with Crippen LogP contribution in [0.25, 0.3) is 16.7 Å². The summed E-state index contributed by atoms with van der Waals surface area (Å²) < 4.78 is 0. The number of carboxylic acids is 2. The van der Waals surface area contributed by atoms with Gasteiger partial charge in [-0.1, -0.05) is 50.3 Å². The minimum Gasteiger partial charge on any atom is -0.481 e. The fourth-order valence-corrected chi connectivity index (χ4v) is 9.84. The van der Waals surface area contributed by atoms with Crippen molar-refractivity contribution in [2.45, 2.75) is 144 Å². The van der Waals surface area contributed by atoms with Crippen molar-refractivity contribution in [1.82, 2.24) is 29.9 Å². The smallest absolute Gasteiger partial charge is 0.303 e. The number of aromatic amines is 3. The maximum absolute atomic E-state index is 12.6. The Bertz CT molecular complexity index is 3430. The molecule has 82 heavy (non-hydrogen) atoms. The van der Waals surface area contributed by atoms with Gasteiger partial charge in [-0.05, 0) is 179 Å². The second-order valence-electron chi connectivity index (χ2n) is 21.8. The number of carbonyl (C=O) groups excluding carboxylic acids is 5. The fraction of sp³-hybridized carbons (Fsp3) is 0.365. The highest BCUT2D eigenvalue weighted by molar-refractivity contribution is 6.05. The van der Waals surface area contributed by atoms with Crippen LogP contribution in [-0.4, -0.2) is 81.5 Å². The summed E-state index contributed by atoms with van der Waals surface area (Å²) >= 11 is 0. The van der Waals surface area contributed by atoms with Crippen LogP contribution in [0.2, 0.25) is 0 Å². The molecule has 0 atom stereocenters. The van der Waals surface area contributed by atoms with E-state index in [2.05, 4.69) is 84.0 Å². The van der Waals surface area contributed by atoms with E-state index in [0.717, 1.165) is 126 Å². The van der Waals surface area contributed by atoms with Crippen molar-refractivity contribution in [3.8, 4) is 0 Å². The van der Waals surface area contributed by atoms with Crippen molar-refractivity contribution in [3.05, 3.63) is 159 Å².